The van der Waals surface area contributed by atoms with Gasteiger partial charge in [-0.25, -0.2) is 0 Å². The van der Waals surface area contributed by atoms with Gasteiger partial charge < -0.3 is 10.1 Å². The average molecular weight is 199 g/mol. The largest absolute Gasteiger partial charge is 0.383 e. The molecular weight excluding hydrogens is 174 g/mol. The molecular formula is C12H25NO. The molecule has 0 spiro atoms. The number of ether oxygens (including phenoxy) is 1. The summed E-state index contributed by atoms with van der Waals surface area (Å²) in [7, 11) is 1.77. The first-order chi connectivity index (χ1) is 6.74. The van der Waals surface area contributed by atoms with Crippen molar-refractivity contribution in [2.45, 2.75) is 58.0 Å². The molecule has 1 aliphatic carbocycles. The summed E-state index contributed by atoms with van der Waals surface area (Å²) in [5.41, 5.74) is 0. The molecule has 1 rings (SSSR count). The molecule has 0 aromatic rings. The summed E-state index contributed by atoms with van der Waals surface area (Å²) in [6.07, 6.45) is 7.11. The van der Waals surface area contributed by atoms with E-state index in [1.165, 1.54) is 32.1 Å². The minimum Gasteiger partial charge on any atom is -0.383 e. The highest BCUT2D eigenvalue weighted by Crippen LogP contribution is 2.26. The first-order valence-corrected chi connectivity index (χ1v) is 5.99. The second kappa shape index (κ2) is 6.41. The highest BCUT2D eigenvalue weighted by Gasteiger charge is 2.20. The summed E-state index contributed by atoms with van der Waals surface area (Å²) in [6.45, 7) is 5.34. The number of hydrogen-bond acceptors (Lipinski definition) is 2. The molecule has 0 aromatic carbocycles. The van der Waals surface area contributed by atoms with Gasteiger partial charge in [-0.2, -0.15) is 0 Å². The Labute approximate surface area is 88.4 Å². The van der Waals surface area contributed by atoms with Crippen LogP contribution in [-0.4, -0.2) is 25.8 Å². The molecule has 0 heterocycles. The fraction of sp³-hybridized carbons (Fsp3) is 1.00. The van der Waals surface area contributed by atoms with Crippen LogP contribution in [0.5, 0.6) is 0 Å². The summed E-state index contributed by atoms with van der Waals surface area (Å²) in [4.78, 5) is 0. The van der Waals surface area contributed by atoms with Crippen LogP contribution in [0.4, 0.5) is 0 Å². The van der Waals surface area contributed by atoms with E-state index >= 15 is 0 Å². The van der Waals surface area contributed by atoms with Gasteiger partial charge in [-0.15, -0.1) is 0 Å². The molecule has 2 atom stereocenters. The van der Waals surface area contributed by atoms with Gasteiger partial charge in [-0.1, -0.05) is 19.3 Å². The maximum Gasteiger partial charge on any atom is 0.0613 e. The molecule has 1 N–H and O–H groups in total. The Morgan fingerprint density at radius 1 is 1.21 bits per heavy atom. The zero-order chi connectivity index (χ0) is 10.4. The van der Waals surface area contributed by atoms with E-state index in [2.05, 4.69) is 19.2 Å². The Kier molecular flexibility index (Phi) is 5.49. The Morgan fingerprint density at radius 2 is 1.86 bits per heavy atom. The van der Waals surface area contributed by atoms with Gasteiger partial charge >= 0.3 is 0 Å². The van der Waals surface area contributed by atoms with Crippen LogP contribution in [0.2, 0.25) is 0 Å². The first kappa shape index (κ1) is 12.0. The van der Waals surface area contributed by atoms with Crippen LogP contribution < -0.4 is 5.32 Å². The third-order valence-electron chi connectivity index (χ3n) is 3.32. The van der Waals surface area contributed by atoms with Crippen LogP contribution in [0.3, 0.4) is 0 Å². The number of rotatable bonds is 5. The quantitative estimate of drug-likeness (QED) is 0.735. The normalized spacial score (nSPS) is 23.4. The Bertz CT molecular complexity index is 143. The second-order valence-corrected chi connectivity index (χ2v) is 4.71. The van der Waals surface area contributed by atoms with E-state index in [9.17, 15) is 0 Å². The maximum absolute atomic E-state index is 5.13. The maximum atomic E-state index is 5.13. The number of nitrogens with one attached hydrogen (secondary N) is 1. The van der Waals surface area contributed by atoms with E-state index in [1.807, 2.05) is 0 Å². The minimum atomic E-state index is 0.483. The molecule has 0 amide bonds. The Hall–Kier alpha value is -0.0800. The lowest BCUT2D eigenvalue weighted by Crippen LogP contribution is -2.42. The molecule has 0 saturated heterocycles. The van der Waals surface area contributed by atoms with Gasteiger partial charge in [0.05, 0.1) is 6.61 Å². The molecule has 0 aliphatic heterocycles. The average Bonchev–Trinajstić information content (AvgIpc) is 2.19. The summed E-state index contributed by atoms with van der Waals surface area (Å²) >= 11 is 0. The fourth-order valence-electron chi connectivity index (χ4n) is 2.52. The van der Waals surface area contributed by atoms with Crippen molar-refractivity contribution in [3.63, 3.8) is 0 Å². The molecule has 2 heteroatoms. The van der Waals surface area contributed by atoms with Crippen molar-refractivity contribution in [3.8, 4) is 0 Å². The van der Waals surface area contributed by atoms with Crippen LogP contribution >= 0.6 is 0 Å². The van der Waals surface area contributed by atoms with Crippen molar-refractivity contribution in [1.82, 2.24) is 5.32 Å². The van der Waals surface area contributed by atoms with Gasteiger partial charge in [0.15, 0.2) is 0 Å². The summed E-state index contributed by atoms with van der Waals surface area (Å²) in [6, 6.07) is 1.14. The minimum absolute atomic E-state index is 0.483. The van der Waals surface area contributed by atoms with Gasteiger partial charge in [-0.3, -0.25) is 0 Å². The molecule has 1 aliphatic rings. The molecule has 84 valence electrons. The van der Waals surface area contributed by atoms with Gasteiger partial charge in [0.2, 0.25) is 0 Å². The summed E-state index contributed by atoms with van der Waals surface area (Å²) in [5.74, 6) is 0.892. The highest BCUT2D eigenvalue weighted by atomic mass is 16.5. The third kappa shape index (κ3) is 3.97. The van der Waals surface area contributed by atoms with Crippen molar-refractivity contribution < 1.29 is 4.74 Å². The molecule has 0 bridgehead atoms. The standard InChI is InChI=1S/C12H25NO/c1-10(9-14-3)13-11(2)12-7-5-4-6-8-12/h10-13H,4-9H2,1-3H3/t10-,11-/m1/s1. The van der Waals surface area contributed by atoms with E-state index in [1.54, 1.807) is 7.11 Å². The van der Waals surface area contributed by atoms with Crippen molar-refractivity contribution in [3.05, 3.63) is 0 Å². The van der Waals surface area contributed by atoms with Crippen molar-refractivity contribution >= 4 is 0 Å². The number of methoxy groups -OCH3 is 1. The van der Waals surface area contributed by atoms with Gasteiger partial charge in [0.1, 0.15) is 0 Å². The van der Waals surface area contributed by atoms with Gasteiger partial charge in [-0.05, 0) is 32.6 Å². The summed E-state index contributed by atoms with van der Waals surface area (Å²) in [5, 5.41) is 3.63. The lowest BCUT2D eigenvalue weighted by Gasteiger charge is -2.30. The van der Waals surface area contributed by atoms with Crippen LogP contribution in [-0.2, 0) is 4.74 Å². The number of hydrogen-bond donors (Lipinski definition) is 1. The Balaban J connectivity index is 2.21. The second-order valence-electron chi connectivity index (χ2n) is 4.71. The summed E-state index contributed by atoms with van der Waals surface area (Å²) < 4.78 is 5.13. The molecule has 0 unspecified atom stereocenters. The van der Waals surface area contributed by atoms with Gasteiger partial charge in [0, 0.05) is 19.2 Å². The topological polar surface area (TPSA) is 21.3 Å². The third-order valence-corrected chi connectivity index (χ3v) is 3.32. The highest BCUT2D eigenvalue weighted by molar-refractivity contribution is 4.77. The van der Waals surface area contributed by atoms with Crippen molar-refractivity contribution in [2.24, 2.45) is 5.92 Å². The molecule has 0 aromatic heterocycles. The van der Waals surface area contributed by atoms with Gasteiger partial charge in [0.25, 0.3) is 0 Å². The lowest BCUT2D eigenvalue weighted by atomic mass is 9.84. The first-order valence-electron chi connectivity index (χ1n) is 5.99. The molecule has 14 heavy (non-hydrogen) atoms. The van der Waals surface area contributed by atoms with Crippen molar-refractivity contribution in [1.29, 1.82) is 0 Å². The van der Waals surface area contributed by atoms with E-state index in [-0.39, 0.29) is 0 Å². The zero-order valence-electron chi connectivity index (χ0n) is 9.88. The van der Waals surface area contributed by atoms with E-state index < -0.39 is 0 Å². The molecule has 2 nitrogen and oxygen atoms in total. The molecule has 0 radical (unpaired) electrons. The zero-order valence-corrected chi connectivity index (χ0v) is 9.88. The van der Waals surface area contributed by atoms with E-state index in [0.29, 0.717) is 12.1 Å². The van der Waals surface area contributed by atoms with E-state index in [4.69, 9.17) is 4.74 Å². The predicted molar refractivity (Wildman–Crippen MR) is 60.5 cm³/mol. The predicted octanol–water partition coefficient (Wildman–Crippen LogP) is 2.58. The molecule has 1 fully saturated rings. The Morgan fingerprint density at radius 3 is 2.43 bits per heavy atom. The molecule has 1 saturated carbocycles. The van der Waals surface area contributed by atoms with Crippen LogP contribution in [0.25, 0.3) is 0 Å². The fourth-order valence-corrected chi connectivity index (χ4v) is 2.52. The van der Waals surface area contributed by atoms with Crippen LogP contribution in [0, 0.1) is 5.92 Å². The van der Waals surface area contributed by atoms with Crippen LogP contribution in [0.15, 0.2) is 0 Å². The monoisotopic (exact) mass is 199 g/mol. The lowest BCUT2D eigenvalue weighted by molar-refractivity contribution is 0.157. The van der Waals surface area contributed by atoms with E-state index in [0.717, 1.165) is 12.5 Å². The SMILES string of the molecule is COC[C@@H](C)N[C@H](C)C1CCCCC1. The smallest absolute Gasteiger partial charge is 0.0613 e. The van der Waals surface area contributed by atoms with Crippen LogP contribution in [0.1, 0.15) is 46.0 Å². The van der Waals surface area contributed by atoms with Crippen molar-refractivity contribution in [2.75, 3.05) is 13.7 Å².